The Labute approximate surface area is 135 Å². The summed E-state index contributed by atoms with van der Waals surface area (Å²) in [5, 5.41) is 7.11. The molecule has 0 aliphatic carbocycles. The first kappa shape index (κ1) is 14.5. The SMILES string of the molecule is O=C(NCC(c1ccco1)n1cccn1)c1cncc(Br)c1. The van der Waals surface area contributed by atoms with E-state index < -0.39 is 0 Å². The Bertz CT molecular complexity index is 707. The highest BCUT2D eigenvalue weighted by molar-refractivity contribution is 9.10. The number of carbonyl (C=O) groups excluding carboxylic acids is 1. The molecule has 6 nitrogen and oxygen atoms in total. The molecule has 0 spiro atoms. The number of furan rings is 1. The third kappa shape index (κ3) is 3.25. The molecule has 3 heterocycles. The summed E-state index contributed by atoms with van der Waals surface area (Å²) in [6.45, 7) is 0.362. The predicted molar refractivity (Wildman–Crippen MR) is 83.3 cm³/mol. The van der Waals surface area contributed by atoms with E-state index in [2.05, 4.69) is 31.3 Å². The second kappa shape index (κ2) is 6.57. The number of aromatic nitrogens is 3. The Morgan fingerprint density at radius 1 is 1.41 bits per heavy atom. The van der Waals surface area contributed by atoms with E-state index in [1.165, 1.54) is 6.20 Å². The standard InChI is InChI=1S/C15H13BrN4O2/c16-12-7-11(8-17-9-12)15(21)18-10-13(14-3-1-6-22-14)20-5-2-4-19-20/h1-9,13H,10H2,(H,18,21). The van der Waals surface area contributed by atoms with Crippen molar-refractivity contribution in [3.05, 3.63) is 71.1 Å². The van der Waals surface area contributed by atoms with Crippen LogP contribution in [0.1, 0.15) is 22.2 Å². The van der Waals surface area contributed by atoms with Crippen molar-refractivity contribution in [3.8, 4) is 0 Å². The van der Waals surface area contributed by atoms with E-state index in [0.29, 0.717) is 12.1 Å². The van der Waals surface area contributed by atoms with Crippen LogP contribution in [-0.2, 0) is 0 Å². The largest absolute Gasteiger partial charge is 0.467 e. The average molecular weight is 361 g/mol. The van der Waals surface area contributed by atoms with Gasteiger partial charge in [0, 0.05) is 35.8 Å². The summed E-state index contributed by atoms with van der Waals surface area (Å²) in [7, 11) is 0. The summed E-state index contributed by atoms with van der Waals surface area (Å²) >= 11 is 3.30. The van der Waals surface area contributed by atoms with Gasteiger partial charge in [-0.15, -0.1) is 0 Å². The molecule has 0 fully saturated rings. The van der Waals surface area contributed by atoms with Crippen molar-refractivity contribution in [2.45, 2.75) is 6.04 Å². The van der Waals surface area contributed by atoms with Gasteiger partial charge in [-0.05, 0) is 40.2 Å². The number of hydrogen-bond donors (Lipinski definition) is 1. The van der Waals surface area contributed by atoms with Crippen LogP contribution in [0, 0.1) is 0 Å². The van der Waals surface area contributed by atoms with E-state index in [0.717, 1.165) is 10.2 Å². The number of nitrogens with one attached hydrogen (secondary N) is 1. The molecule has 22 heavy (non-hydrogen) atoms. The molecule has 0 radical (unpaired) electrons. The van der Waals surface area contributed by atoms with Gasteiger partial charge in [-0.3, -0.25) is 14.5 Å². The highest BCUT2D eigenvalue weighted by Gasteiger charge is 2.18. The Kier molecular flexibility index (Phi) is 4.34. The highest BCUT2D eigenvalue weighted by Crippen LogP contribution is 2.17. The number of pyridine rings is 1. The number of halogens is 1. The molecule has 1 N–H and O–H groups in total. The quantitative estimate of drug-likeness (QED) is 0.758. The maximum Gasteiger partial charge on any atom is 0.252 e. The molecule has 0 saturated heterocycles. The van der Waals surface area contributed by atoms with E-state index in [-0.39, 0.29) is 11.9 Å². The van der Waals surface area contributed by atoms with Gasteiger partial charge in [-0.2, -0.15) is 5.10 Å². The average Bonchev–Trinajstić information content (AvgIpc) is 3.21. The highest BCUT2D eigenvalue weighted by atomic mass is 79.9. The van der Waals surface area contributed by atoms with Crippen LogP contribution in [0.25, 0.3) is 0 Å². The number of nitrogens with zero attached hydrogens (tertiary/aromatic N) is 3. The zero-order valence-electron chi connectivity index (χ0n) is 11.5. The summed E-state index contributed by atoms with van der Waals surface area (Å²) in [6, 6.07) is 7.02. The summed E-state index contributed by atoms with van der Waals surface area (Å²) in [4.78, 5) is 16.2. The Morgan fingerprint density at radius 2 is 2.32 bits per heavy atom. The lowest BCUT2D eigenvalue weighted by atomic mass is 10.2. The van der Waals surface area contributed by atoms with Gasteiger partial charge in [-0.1, -0.05) is 0 Å². The topological polar surface area (TPSA) is 73.0 Å². The molecule has 0 bridgehead atoms. The van der Waals surface area contributed by atoms with Gasteiger partial charge in [0.05, 0.1) is 11.8 Å². The van der Waals surface area contributed by atoms with Crippen LogP contribution in [0.2, 0.25) is 0 Å². The fraction of sp³-hybridized carbons (Fsp3) is 0.133. The third-order valence-corrected chi connectivity index (χ3v) is 3.57. The van der Waals surface area contributed by atoms with Crippen LogP contribution in [0.5, 0.6) is 0 Å². The van der Waals surface area contributed by atoms with Crippen LogP contribution < -0.4 is 5.32 Å². The van der Waals surface area contributed by atoms with Crippen LogP contribution in [0.4, 0.5) is 0 Å². The van der Waals surface area contributed by atoms with Crippen molar-refractivity contribution in [1.82, 2.24) is 20.1 Å². The van der Waals surface area contributed by atoms with Gasteiger partial charge >= 0.3 is 0 Å². The van der Waals surface area contributed by atoms with E-state index in [1.54, 1.807) is 29.4 Å². The normalized spacial score (nSPS) is 12.0. The van der Waals surface area contributed by atoms with Gasteiger partial charge in [-0.25, -0.2) is 0 Å². The fourth-order valence-corrected chi connectivity index (χ4v) is 2.46. The summed E-state index contributed by atoms with van der Waals surface area (Å²) in [5.41, 5.74) is 0.494. The first-order valence-corrected chi connectivity index (χ1v) is 7.44. The first-order chi connectivity index (χ1) is 10.7. The van der Waals surface area contributed by atoms with Gasteiger partial charge < -0.3 is 9.73 Å². The Hall–Kier alpha value is -2.41. The smallest absolute Gasteiger partial charge is 0.252 e. The molecule has 3 aromatic rings. The molecule has 112 valence electrons. The van der Waals surface area contributed by atoms with E-state index in [9.17, 15) is 4.79 Å². The monoisotopic (exact) mass is 360 g/mol. The molecule has 0 aromatic carbocycles. The number of carbonyl (C=O) groups is 1. The fourth-order valence-electron chi connectivity index (χ4n) is 2.10. The molecule has 0 aliphatic heterocycles. The van der Waals surface area contributed by atoms with Crippen LogP contribution in [0.3, 0.4) is 0 Å². The molecule has 0 saturated carbocycles. The maximum atomic E-state index is 12.2. The van der Waals surface area contributed by atoms with Gasteiger partial charge in [0.15, 0.2) is 0 Å². The van der Waals surface area contributed by atoms with E-state index >= 15 is 0 Å². The van der Waals surface area contributed by atoms with Gasteiger partial charge in [0.2, 0.25) is 0 Å². The van der Waals surface area contributed by atoms with Crippen molar-refractivity contribution in [2.75, 3.05) is 6.54 Å². The van der Waals surface area contributed by atoms with E-state index in [4.69, 9.17) is 4.42 Å². The predicted octanol–water partition coefficient (Wildman–Crippen LogP) is 2.65. The maximum absolute atomic E-state index is 12.2. The minimum Gasteiger partial charge on any atom is -0.467 e. The van der Waals surface area contributed by atoms with Crippen LogP contribution in [-0.4, -0.2) is 27.2 Å². The van der Waals surface area contributed by atoms with E-state index in [1.807, 2.05) is 24.4 Å². The minimum atomic E-state index is -0.200. The zero-order valence-corrected chi connectivity index (χ0v) is 13.1. The van der Waals surface area contributed by atoms with Gasteiger partial charge in [0.1, 0.15) is 11.8 Å². The summed E-state index contributed by atoms with van der Waals surface area (Å²) < 4.78 is 7.95. The van der Waals surface area contributed by atoms with Crippen molar-refractivity contribution < 1.29 is 9.21 Å². The molecule has 0 aliphatic rings. The third-order valence-electron chi connectivity index (χ3n) is 3.14. The number of amides is 1. The van der Waals surface area contributed by atoms with Crippen molar-refractivity contribution >= 4 is 21.8 Å². The first-order valence-electron chi connectivity index (χ1n) is 6.65. The molecule has 1 amide bonds. The molecule has 3 rings (SSSR count). The number of hydrogen-bond acceptors (Lipinski definition) is 4. The lowest BCUT2D eigenvalue weighted by molar-refractivity contribution is 0.0947. The lowest BCUT2D eigenvalue weighted by Gasteiger charge is -2.16. The van der Waals surface area contributed by atoms with Crippen molar-refractivity contribution in [2.24, 2.45) is 0 Å². The molecule has 3 aromatic heterocycles. The molecule has 7 heteroatoms. The van der Waals surface area contributed by atoms with Crippen LogP contribution in [0.15, 0.2) is 64.2 Å². The summed E-state index contributed by atoms with van der Waals surface area (Å²) in [6.07, 6.45) is 8.28. The van der Waals surface area contributed by atoms with Crippen molar-refractivity contribution in [1.29, 1.82) is 0 Å². The van der Waals surface area contributed by atoms with Crippen LogP contribution >= 0.6 is 15.9 Å². The molecular formula is C15H13BrN4O2. The van der Waals surface area contributed by atoms with Gasteiger partial charge in [0.25, 0.3) is 5.91 Å². The number of rotatable bonds is 5. The lowest BCUT2D eigenvalue weighted by Crippen LogP contribution is -2.31. The molecular weight excluding hydrogens is 348 g/mol. The Balaban J connectivity index is 1.73. The second-order valence-electron chi connectivity index (χ2n) is 4.62. The minimum absolute atomic E-state index is 0.197. The Morgan fingerprint density at radius 3 is 3.00 bits per heavy atom. The second-order valence-corrected chi connectivity index (χ2v) is 5.53. The molecule has 1 unspecified atom stereocenters. The molecule has 1 atom stereocenters. The zero-order chi connectivity index (χ0) is 15.4. The summed E-state index contributed by atoms with van der Waals surface area (Å²) in [5.74, 6) is 0.536. The van der Waals surface area contributed by atoms with Crippen molar-refractivity contribution in [3.63, 3.8) is 0 Å².